The van der Waals surface area contributed by atoms with E-state index in [4.69, 9.17) is 11.6 Å². The molecule has 1 aliphatic heterocycles. The van der Waals surface area contributed by atoms with Crippen molar-refractivity contribution < 1.29 is 0 Å². The van der Waals surface area contributed by atoms with Gasteiger partial charge < -0.3 is 5.32 Å². The third-order valence-corrected chi connectivity index (χ3v) is 3.13. The molecule has 0 aromatic heterocycles. The molecule has 0 spiro atoms. The largest absolute Gasteiger partial charge is 0.385 e. The molecule has 0 saturated heterocycles. The zero-order chi connectivity index (χ0) is 8.13. The molecule has 62 valence electrons. The molecule has 1 aromatic carbocycles. The van der Waals surface area contributed by atoms with Crippen molar-refractivity contribution in [2.75, 3.05) is 11.9 Å². The van der Waals surface area contributed by atoms with Gasteiger partial charge >= 0.3 is 0 Å². The van der Waals surface area contributed by atoms with E-state index in [2.05, 4.69) is 17.4 Å². The minimum absolute atomic E-state index is 0.806. The van der Waals surface area contributed by atoms with Crippen LogP contribution in [-0.2, 0) is 0 Å². The molecule has 1 heterocycles. The first kappa shape index (κ1) is 6.79. The van der Waals surface area contributed by atoms with Crippen LogP contribution in [0.4, 0.5) is 5.69 Å². The van der Waals surface area contributed by atoms with E-state index >= 15 is 0 Å². The Morgan fingerprint density at radius 3 is 3.25 bits per heavy atom. The number of rotatable bonds is 0. The standard InChI is InChI=1S/C10H10ClN/c11-7-1-2-10-9(4-7)8-3-6(8)5-12-10/h1-2,4,6,8,12H,3,5H2. The van der Waals surface area contributed by atoms with Crippen LogP contribution in [0.15, 0.2) is 18.2 Å². The molecule has 0 amide bonds. The maximum absolute atomic E-state index is 5.93. The van der Waals surface area contributed by atoms with E-state index in [1.54, 1.807) is 0 Å². The van der Waals surface area contributed by atoms with Crippen molar-refractivity contribution in [3.8, 4) is 0 Å². The molecule has 12 heavy (non-hydrogen) atoms. The summed E-state index contributed by atoms with van der Waals surface area (Å²) in [6.07, 6.45) is 1.35. The second-order valence-electron chi connectivity index (χ2n) is 3.71. The topological polar surface area (TPSA) is 12.0 Å². The average molecular weight is 180 g/mol. The maximum atomic E-state index is 5.93. The number of hydrogen-bond donors (Lipinski definition) is 1. The van der Waals surface area contributed by atoms with E-state index in [1.807, 2.05) is 6.07 Å². The highest BCUT2D eigenvalue weighted by atomic mass is 35.5. The molecule has 1 nitrogen and oxygen atoms in total. The van der Waals surface area contributed by atoms with Gasteiger partial charge in [0.2, 0.25) is 0 Å². The van der Waals surface area contributed by atoms with Crippen molar-refractivity contribution >= 4 is 17.3 Å². The monoisotopic (exact) mass is 179 g/mol. The molecule has 2 heteroatoms. The van der Waals surface area contributed by atoms with Crippen molar-refractivity contribution in [1.29, 1.82) is 0 Å². The molecular formula is C10H10ClN. The summed E-state index contributed by atoms with van der Waals surface area (Å²) in [4.78, 5) is 0. The minimum Gasteiger partial charge on any atom is -0.385 e. The van der Waals surface area contributed by atoms with E-state index in [1.165, 1.54) is 17.7 Å². The molecule has 0 radical (unpaired) electrons. The predicted octanol–water partition coefficient (Wildman–Crippen LogP) is 2.87. The molecule has 1 saturated carbocycles. The molecule has 3 rings (SSSR count). The summed E-state index contributed by atoms with van der Waals surface area (Å²) in [5, 5.41) is 4.29. The van der Waals surface area contributed by atoms with Crippen LogP contribution in [0.25, 0.3) is 0 Å². The quantitative estimate of drug-likeness (QED) is 0.646. The predicted molar refractivity (Wildman–Crippen MR) is 50.8 cm³/mol. The summed E-state index contributed by atoms with van der Waals surface area (Å²) in [5.41, 5.74) is 2.72. The first-order valence-electron chi connectivity index (χ1n) is 4.38. The van der Waals surface area contributed by atoms with Crippen LogP contribution in [0.1, 0.15) is 17.9 Å². The molecule has 1 aliphatic carbocycles. The Hall–Kier alpha value is -0.690. The van der Waals surface area contributed by atoms with Gasteiger partial charge in [-0.05, 0) is 42.0 Å². The normalized spacial score (nSPS) is 30.1. The molecule has 1 aromatic rings. The van der Waals surface area contributed by atoms with Gasteiger partial charge in [-0.25, -0.2) is 0 Å². The summed E-state index contributed by atoms with van der Waals surface area (Å²) in [5.74, 6) is 1.69. The van der Waals surface area contributed by atoms with Gasteiger partial charge in [0, 0.05) is 17.3 Å². The third-order valence-electron chi connectivity index (χ3n) is 2.89. The number of halogens is 1. The number of benzene rings is 1. The third kappa shape index (κ3) is 0.862. The lowest BCUT2D eigenvalue weighted by molar-refractivity contribution is 0.817. The first-order chi connectivity index (χ1) is 5.84. The van der Waals surface area contributed by atoms with Gasteiger partial charge in [0.05, 0.1) is 0 Å². The van der Waals surface area contributed by atoms with E-state index in [9.17, 15) is 0 Å². The Morgan fingerprint density at radius 2 is 2.33 bits per heavy atom. The zero-order valence-electron chi connectivity index (χ0n) is 6.68. The van der Waals surface area contributed by atoms with Gasteiger partial charge in [0.1, 0.15) is 0 Å². The average Bonchev–Trinajstić information content (AvgIpc) is 2.82. The molecule has 1 N–H and O–H groups in total. The highest BCUT2D eigenvalue weighted by Gasteiger charge is 2.42. The fourth-order valence-electron chi connectivity index (χ4n) is 2.10. The van der Waals surface area contributed by atoms with Crippen molar-refractivity contribution in [2.24, 2.45) is 5.92 Å². The van der Waals surface area contributed by atoms with Gasteiger partial charge in [-0.15, -0.1) is 0 Å². The smallest absolute Gasteiger partial charge is 0.0410 e. The van der Waals surface area contributed by atoms with Crippen LogP contribution in [0, 0.1) is 5.92 Å². The van der Waals surface area contributed by atoms with Crippen LogP contribution in [-0.4, -0.2) is 6.54 Å². The number of nitrogens with one attached hydrogen (secondary N) is 1. The Balaban J connectivity index is 2.14. The van der Waals surface area contributed by atoms with E-state index in [0.29, 0.717) is 0 Å². The molecule has 0 bridgehead atoms. The summed E-state index contributed by atoms with van der Waals surface area (Å²) in [6, 6.07) is 6.15. The second kappa shape index (κ2) is 2.17. The number of fused-ring (bicyclic) bond motifs is 3. The highest BCUT2D eigenvalue weighted by Crippen LogP contribution is 2.53. The van der Waals surface area contributed by atoms with Gasteiger partial charge in [-0.1, -0.05) is 11.6 Å². The maximum Gasteiger partial charge on any atom is 0.0410 e. The molecule has 2 unspecified atom stereocenters. The molecule has 1 fully saturated rings. The highest BCUT2D eigenvalue weighted by molar-refractivity contribution is 6.30. The zero-order valence-corrected chi connectivity index (χ0v) is 7.43. The fourth-order valence-corrected chi connectivity index (χ4v) is 2.28. The van der Waals surface area contributed by atoms with Crippen LogP contribution < -0.4 is 5.32 Å². The van der Waals surface area contributed by atoms with E-state index < -0.39 is 0 Å². The van der Waals surface area contributed by atoms with Crippen molar-refractivity contribution in [2.45, 2.75) is 12.3 Å². The van der Waals surface area contributed by atoms with Gasteiger partial charge in [-0.2, -0.15) is 0 Å². The Morgan fingerprint density at radius 1 is 1.42 bits per heavy atom. The SMILES string of the molecule is Clc1ccc2c(c1)C1CC1CN2. The molecular weight excluding hydrogens is 170 g/mol. The lowest BCUT2D eigenvalue weighted by Gasteiger charge is -2.16. The van der Waals surface area contributed by atoms with Crippen LogP contribution in [0.2, 0.25) is 5.02 Å². The van der Waals surface area contributed by atoms with Crippen molar-refractivity contribution in [1.82, 2.24) is 0 Å². The lowest BCUT2D eigenvalue weighted by atomic mass is 10.0. The van der Waals surface area contributed by atoms with Crippen molar-refractivity contribution in [3.05, 3.63) is 28.8 Å². The van der Waals surface area contributed by atoms with E-state index in [0.717, 1.165) is 23.4 Å². The minimum atomic E-state index is 0.806. The van der Waals surface area contributed by atoms with Crippen LogP contribution >= 0.6 is 11.6 Å². The Labute approximate surface area is 76.7 Å². The molecule has 2 atom stereocenters. The Bertz CT molecular complexity index is 335. The molecule has 2 aliphatic rings. The van der Waals surface area contributed by atoms with E-state index in [-0.39, 0.29) is 0 Å². The van der Waals surface area contributed by atoms with Gasteiger partial charge in [0.25, 0.3) is 0 Å². The van der Waals surface area contributed by atoms with Crippen LogP contribution in [0.5, 0.6) is 0 Å². The number of anilines is 1. The fraction of sp³-hybridized carbons (Fsp3) is 0.400. The summed E-state index contributed by atoms with van der Waals surface area (Å²) in [6.45, 7) is 1.15. The van der Waals surface area contributed by atoms with Crippen molar-refractivity contribution in [3.63, 3.8) is 0 Å². The van der Waals surface area contributed by atoms with Gasteiger partial charge in [0.15, 0.2) is 0 Å². The van der Waals surface area contributed by atoms with Gasteiger partial charge in [-0.3, -0.25) is 0 Å². The Kier molecular flexibility index (Phi) is 1.23. The number of hydrogen-bond acceptors (Lipinski definition) is 1. The summed E-state index contributed by atoms with van der Waals surface area (Å²) in [7, 11) is 0. The van der Waals surface area contributed by atoms with Crippen LogP contribution in [0.3, 0.4) is 0 Å². The lowest BCUT2D eigenvalue weighted by Crippen LogP contribution is -2.11. The second-order valence-corrected chi connectivity index (χ2v) is 4.15. The summed E-state index contributed by atoms with van der Waals surface area (Å²) >= 11 is 5.93. The summed E-state index contributed by atoms with van der Waals surface area (Å²) < 4.78 is 0. The first-order valence-corrected chi connectivity index (χ1v) is 4.76.